The van der Waals surface area contributed by atoms with E-state index in [-0.39, 0.29) is 5.91 Å². The fourth-order valence-electron chi connectivity index (χ4n) is 2.20. The van der Waals surface area contributed by atoms with E-state index in [4.69, 9.17) is 4.42 Å². The van der Waals surface area contributed by atoms with E-state index in [1.807, 2.05) is 53.9 Å². The van der Waals surface area contributed by atoms with Gasteiger partial charge in [-0.05, 0) is 29.1 Å². The Bertz CT molecular complexity index is 716. The van der Waals surface area contributed by atoms with Gasteiger partial charge in [0.1, 0.15) is 5.76 Å². The maximum Gasteiger partial charge on any atom is 0.264 e. The molecule has 0 unspecified atom stereocenters. The molecule has 2 heterocycles. The molecular formula is C17H15NO2S. The van der Waals surface area contributed by atoms with E-state index in [0.29, 0.717) is 6.54 Å². The van der Waals surface area contributed by atoms with Crippen molar-refractivity contribution in [3.8, 4) is 11.1 Å². The molecular weight excluding hydrogens is 282 g/mol. The molecule has 1 aromatic carbocycles. The first kappa shape index (κ1) is 13.6. The molecule has 106 valence electrons. The molecule has 0 saturated carbocycles. The molecule has 0 bridgehead atoms. The van der Waals surface area contributed by atoms with Gasteiger partial charge in [0.05, 0.1) is 17.7 Å². The van der Waals surface area contributed by atoms with E-state index >= 15 is 0 Å². The lowest BCUT2D eigenvalue weighted by atomic mass is 10.1. The van der Waals surface area contributed by atoms with Gasteiger partial charge in [-0.3, -0.25) is 4.79 Å². The summed E-state index contributed by atoms with van der Waals surface area (Å²) in [5.41, 5.74) is 2.05. The summed E-state index contributed by atoms with van der Waals surface area (Å²) in [6.07, 6.45) is 1.62. The standard InChI is InChI=1S/C17H15NO2S/c1-18(12-14-8-5-10-20-14)17(19)16-15(9-11-21-16)13-6-3-2-4-7-13/h2-11H,12H2,1H3. The molecule has 0 spiro atoms. The molecule has 3 nitrogen and oxygen atoms in total. The third-order valence-electron chi connectivity index (χ3n) is 3.26. The van der Waals surface area contributed by atoms with Crippen LogP contribution in [-0.2, 0) is 6.54 Å². The zero-order valence-electron chi connectivity index (χ0n) is 11.7. The third-order valence-corrected chi connectivity index (χ3v) is 4.17. The summed E-state index contributed by atoms with van der Waals surface area (Å²) in [5, 5.41) is 1.95. The minimum atomic E-state index is 0.0141. The predicted molar refractivity (Wildman–Crippen MR) is 84.3 cm³/mol. The van der Waals surface area contributed by atoms with Crippen LogP contribution in [0.4, 0.5) is 0 Å². The van der Waals surface area contributed by atoms with Crippen LogP contribution < -0.4 is 0 Å². The summed E-state index contributed by atoms with van der Waals surface area (Å²) in [7, 11) is 1.79. The Labute approximate surface area is 127 Å². The van der Waals surface area contributed by atoms with Crippen molar-refractivity contribution in [2.75, 3.05) is 7.05 Å². The van der Waals surface area contributed by atoms with Gasteiger partial charge in [0.15, 0.2) is 0 Å². The van der Waals surface area contributed by atoms with Crippen LogP contribution in [0, 0.1) is 0 Å². The van der Waals surface area contributed by atoms with Crippen molar-refractivity contribution < 1.29 is 9.21 Å². The summed E-state index contributed by atoms with van der Waals surface area (Å²) in [4.78, 5) is 15.1. The summed E-state index contributed by atoms with van der Waals surface area (Å²) in [6, 6.07) is 15.7. The van der Waals surface area contributed by atoms with Gasteiger partial charge in [-0.15, -0.1) is 11.3 Å². The summed E-state index contributed by atoms with van der Waals surface area (Å²) >= 11 is 1.47. The monoisotopic (exact) mass is 297 g/mol. The Balaban J connectivity index is 1.84. The fraction of sp³-hybridized carbons (Fsp3) is 0.118. The topological polar surface area (TPSA) is 33.5 Å². The van der Waals surface area contributed by atoms with Gasteiger partial charge < -0.3 is 9.32 Å². The Morgan fingerprint density at radius 1 is 1.14 bits per heavy atom. The van der Waals surface area contributed by atoms with Crippen LogP contribution in [0.25, 0.3) is 11.1 Å². The molecule has 0 N–H and O–H groups in total. The highest BCUT2D eigenvalue weighted by Gasteiger charge is 2.19. The van der Waals surface area contributed by atoms with Crippen LogP contribution >= 0.6 is 11.3 Å². The minimum absolute atomic E-state index is 0.0141. The van der Waals surface area contributed by atoms with Crippen molar-refractivity contribution in [2.45, 2.75) is 6.54 Å². The van der Waals surface area contributed by atoms with Gasteiger partial charge in [-0.1, -0.05) is 30.3 Å². The second kappa shape index (κ2) is 5.97. The average Bonchev–Trinajstić information content (AvgIpc) is 3.18. The van der Waals surface area contributed by atoms with Crippen molar-refractivity contribution in [2.24, 2.45) is 0 Å². The van der Waals surface area contributed by atoms with Crippen molar-refractivity contribution in [3.63, 3.8) is 0 Å². The maximum absolute atomic E-state index is 12.6. The number of carbonyl (C=O) groups is 1. The van der Waals surface area contributed by atoms with Crippen molar-refractivity contribution in [1.29, 1.82) is 0 Å². The van der Waals surface area contributed by atoms with Crippen molar-refractivity contribution in [1.82, 2.24) is 4.90 Å². The van der Waals surface area contributed by atoms with E-state index in [9.17, 15) is 4.79 Å². The Morgan fingerprint density at radius 2 is 1.95 bits per heavy atom. The van der Waals surface area contributed by atoms with E-state index in [0.717, 1.165) is 21.8 Å². The summed E-state index contributed by atoms with van der Waals surface area (Å²) < 4.78 is 5.30. The Kier molecular flexibility index (Phi) is 3.88. The normalized spacial score (nSPS) is 10.5. The molecule has 0 aliphatic heterocycles. The number of hydrogen-bond acceptors (Lipinski definition) is 3. The molecule has 0 fully saturated rings. The molecule has 3 rings (SSSR count). The highest BCUT2D eigenvalue weighted by Crippen LogP contribution is 2.29. The van der Waals surface area contributed by atoms with Crippen LogP contribution in [0.1, 0.15) is 15.4 Å². The van der Waals surface area contributed by atoms with Crippen LogP contribution in [0.2, 0.25) is 0 Å². The molecule has 4 heteroatoms. The molecule has 0 atom stereocenters. The highest BCUT2D eigenvalue weighted by atomic mass is 32.1. The third kappa shape index (κ3) is 2.90. The maximum atomic E-state index is 12.6. The lowest BCUT2D eigenvalue weighted by Gasteiger charge is -2.15. The number of amides is 1. The van der Waals surface area contributed by atoms with Gasteiger partial charge in [0.25, 0.3) is 5.91 Å². The van der Waals surface area contributed by atoms with E-state index in [2.05, 4.69) is 0 Å². The molecule has 0 saturated heterocycles. The van der Waals surface area contributed by atoms with E-state index in [1.165, 1.54) is 11.3 Å². The van der Waals surface area contributed by atoms with Gasteiger partial charge in [0.2, 0.25) is 0 Å². The van der Waals surface area contributed by atoms with Crippen LogP contribution in [0.5, 0.6) is 0 Å². The molecule has 0 radical (unpaired) electrons. The van der Waals surface area contributed by atoms with Crippen LogP contribution in [0.3, 0.4) is 0 Å². The highest BCUT2D eigenvalue weighted by molar-refractivity contribution is 7.12. The lowest BCUT2D eigenvalue weighted by Crippen LogP contribution is -2.25. The van der Waals surface area contributed by atoms with Crippen molar-refractivity contribution >= 4 is 17.2 Å². The molecule has 0 aliphatic carbocycles. The number of thiophene rings is 1. The zero-order chi connectivity index (χ0) is 14.7. The van der Waals surface area contributed by atoms with Gasteiger partial charge in [-0.2, -0.15) is 0 Å². The number of rotatable bonds is 4. The first-order chi connectivity index (χ1) is 10.3. The average molecular weight is 297 g/mol. The number of nitrogens with zero attached hydrogens (tertiary/aromatic N) is 1. The number of benzene rings is 1. The number of hydrogen-bond donors (Lipinski definition) is 0. The predicted octanol–water partition coefficient (Wildman–Crippen LogP) is 4.28. The second-order valence-electron chi connectivity index (χ2n) is 4.77. The SMILES string of the molecule is CN(Cc1ccco1)C(=O)c1sccc1-c1ccccc1. The zero-order valence-corrected chi connectivity index (χ0v) is 12.5. The van der Waals surface area contributed by atoms with Crippen LogP contribution in [-0.4, -0.2) is 17.9 Å². The lowest BCUT2D eigenvalue weighted by molar-refractivity contribution is 0.0781. The smallest absolute Gasteiger partial charge is 0.264 e. The molecule has 21 heavy (non-hydrogen) atoms. The number of furan rings is 1. The van der Waals surface area contributed by atoms with Gasteiger partial charge >= 0.3 is 0 Å². The molecule has 3 aromatic rings. The Morgan fingerprint density at radius 3 is 2.67 bits per heavy atom. The van der Waals surface area contributed by atoms with Gasteiger partial charge in [0, 0.05) is 12.6 Å². The molecule has 2 aromatic heterocycles. The first-order valence-corrected chi connectivity index (χ1v) is 7.54. The fourth-order valence-corrected chi connectivity index (χ4v) is 3.11. The largest absolute Gasteiger partial charge is 0.467 e. The second-order valence-corrected chi connectivity index (χ2v) is 5.69. The van der Waals surface area contributed by atoms with E-state index in [1.54, 1.807) is 18.2 Å². The summed E-state index contributed by atoms with van der Waals surface area (Å²) in [5.74, 6) is 0.795. The number of carbonyl (C=O) groups excluding carboxylic acids is 1. The molecule has 0 aliphatic rings. The summed E-state index contributed by atoms with van der Waals surface area (Å²) in [6.45, 7) is 0.470. The quantitative estimate of drug-likeness (QED) is 0.720. The van der Waals surface area contributed by atoms with Crippen molar-refractivity contribution in [3.05, 3.63) is 70.8 Å². The first-order valence-electron chi connectivity index (χ1n) is 6.66. The van der Waals surface area contributed by atoms with Gasteiger partial charge in [-0.25, -0.2) is 0 Å². The minimum Gasteiger partial charge on any atom is -0.467 e. The van der Waals surface area contributed by atoms with Crippen LogP contribution in [0.15, 0.2) is 64.6 Å². The molecule has 1 amide bonds. The van der Waals surface area contributed by atoms with E-state index < -0.39 is 0 Å². The Hall–Kier alpha value is -2.33.